The summed E-state index contributed by atoms with van der Waals surface area (Å²) in [7, 11) is 0. The molecule has 1 aliphatic rings. The van der Waals surface area contributed by atoms with Crippen molar-refractivity contribution >= 4 is 11.9 Å². The van der Waals surface area contributed by atoms with E-state index in [1.165, 1.54) is 12.2 Å². The lowest BCUT2D eigenvalue weighted by molar-refractivity contribution is -0.140. The molecule has 0 aromatic rings. The van der Waals surface area contributed by atoms with Crippen molar-refractivity contribution in [2.24, 2.45) is 0 Å². The molecule has 0 bridgehead atoms. The van der Waals surface area contributed by atoms with E-state index < -0.39 is 0 Å². The van der Waals surface area contributed by atoms with E-state index in [0.29, 0.717) is 26.1 Å². The first-order chi connectivity index (χ1) is 9.79. The Morgan fingerprint density at radius 1 is 0.650 bits per heavy atom. The van der Waals surface area contributed by atoms with E-state index in [-0.39, 0.29) is 11.9 Å². The fraction of sp³-hybridized carbons (Fsp3) is 0.625. The molecule has 0 amide bonds. The third-order valence-corrected chi connectivity index (χ3v) is 3.03. The van der Waals surface area contributed by atoms with Crippen LogP contribution in [0.2, 0.25) is 0 Å². The van der Waals surface area contributed by atoms with Crippen LogP contribution < -0.4 is 0 Å². The first kappa shape index (κ1) is 16.5. The number of allylic oxidation sites excluding steroid dienone is 2. The van der Waals surface area contributed by atoms with Crippen molar-refractivity contribution in [1.29, 1.82) is 0 Å². The van der Waals surface area contributed by atoms with Gasteiger partial charge in [-0.2, -0.15) is 0 Å². The van der Waals surface area contributed by atoms with Gasteiger partial charge < -0.3 is 9.47 Å². The van der Waals surface area contributed by atoms with Gasteiger partial charge >= 0.3 is 11.9 Å². The molecular formula is C16H24O4. The lowest BCUT2D eigenvalue weighted by Crippen LogP contribution is -2.06. The SMILES string of the molecule is O=C1/C=C/CCCCCC/C=C/C(=O)OCCCCO1. The summed E-state index contributed by atoms with van der Waals surface area (Å²) in [6, 6.07) is 0. The quantitative estimate of drug-likeness (QED) is 0.639. The van der Waals surface area contributed by atoms with Crippen molar-refractivity contribution in [3.8, 4) is 0 Å². The molecule has 0 saturated carbocycles. The predicted molar refractivity (Wildman–Crippen MR) is 77.1 cm³/mol. The van der Waals surface area contributed by atoms with Crippen molar-refractivity contribution in [2.75, 3.05) is 13.2 Å². The summed E-state index contributed by atoms with van der Waals surface area (Å²) in [4.78, 5) is 22.6. The van der Waals surface area contributed by atoms with Gasteiger partial charge in [0.15, 0.2) is 0 Å². The van der Waals surface area contributed by atoms with E-state index in [2.05, 4.69) is 0 Å². The van der Waals surface area contributed by atoms with Gasteiger partial charge in [0.05, 0.1) is 13.2 Å². The highest BCUT2D eigenvalue weighted by atomic mass is 16.5. The number of carbonyl (C=O) groups is 2. The molecule has 0 aliphatic carbocycles. The average Bonchev–Trinajstić information content (AvgIpc) is 2.43. The zero-order valence-electron chi connectivity index (χ0n) is 12.0. The van der Waals surface area contributed by atoms with Gasteiger partial charge in [0.2, 0.25) is 0 Å². The second-order valence-corrected chi connectivity index (χ2v) is 4.84. The molecule has 0 radical (unpaired) electrons. The summed E-state index contributed by atoms with van der Waals surface area (Å²) >= 11 is 0. The molecule has 0 aromatic carbocycles. The maximum absolute atomic E-state index is 11.3. The number of hydrogen-bond acceptors (Lipinski definition) is 4. The highest BCUT2D eigenvalue weighted by molar-refractivity contribution is 5.82. The van der Waals surface area contributed by atoms with Crippen molar-refractivity contribution < 1.29 is 19.1 Å². The van der Waals surface area contributed by atoms with Crippen LogP contribution in [0.5, 0.6) is 0 Å². The largest absolute Gasteiger partial charge is 0.463 e. The zero-order valence-corrected chi connectivity index (χ0v) is 12.0. The molecule has 0 saturated heterocycles. The van der Waals surface area contributed by atoms with Crippen LogP contribution in [0.25, 0.3) is 0 Å². The van der Waals surface area contributed by atoms with Crippen LogP contribution >= 0.6 is 0 Å². The number of cyclic esters (lactones) is 2. The molecule has 0 fully saturated rings. The highest BCUT2D eigenvalue weighted by Crippen LogP contribution is 2.07. The van der Waals surface area contributed by atoms with Crippen molar-refractivity contribution in [1.82, 2.24) is 0 Å². The minimum Gasteiger partial charge on any atom is -0.463 e. The molecule has 4 heteroatoms. The summed E-state index contributed by atoms with van der Waals surface area (Å²) in [6.07, 6.45) is 14.4. The maximum Gasteiger partial charge on any atom is 0.330 e. The van der Waals surface area contributed by atoms with Gasteiger partial charge in [0.1, 0.15) is 0 Å². The summed E-state index contributed by atoms with van der Waals surface area (Å²) in [6.45, 7) is 0.743. The number of ether oxygens (including phenoxy) is 2. The van der Waals surface area contributed by atoms with E-state index >= 15 is 0 Å². The van der Waals surface area contributed by atoms with Crippen LogP contribution in [-0.4, -0.2) is 25.2 Å². The third-order valence-electron chi connectivity index (χ3n) is 3.03. The molecular weight excluding hydrogens is 256 g/mol. The van der Waals surface area contributed by atoms with Gasteiger partial charge in [0, 0.05) is 12.2 Å². The van der Waals surface area contributed by atoms with Crippen LogP contribution in [-0.2, 0) is 19.1 Å². The minimum absolute atomic E-state index is 0.286. The minimum atomic E-state index is -0.286. The van der Waals surface area contributed by atoms with Gasteiger partial charge in [-0.1, -0.05) is 25.0 Å². The predicted octanol–water partition coefficient (Wildman–Crippen LogP) is 3.32. The number of carbonyl (C=O) groups excluding carboxylic acids is 2. The van der Waals surface area contributed by atoms with E-state index in [4.69, 9.17) is 9.47 Å². The molecule has 1 aliphatic heterocycles. The topological polar surface area (TPSA) is 52.6 Å². The van der Waals surface area contributed by atoms with Crippen LogP contribution in [0.4, 0.5) is 0 Å². The summed E-state index contributed by atoms with van der Waals surface area (Å²) in [5.74, 6) is -0.572. The van der Waals surface area contributed by atoms with Crippen LogP contribution in [0.1, 0.15) is 51.4 Å². The average molecular weight is 280 g/mol. The fourth-order valence-electron chi connectivity index (χ4n) is 1.88. The van der Waals surface area contributed by atoms with E-state index in [0.717, 1.165) is 38.5 Å². The Labute approximate surface area is 120 Å². The van der Waals surface area contributed by atoms with Crippen molar-refractivity contribution in [3.05, 3.63) is 24.3 Å². The van der Waals surface area contributed by atoms with Gasteiger partial charge in [0.25, 0.3) is 0 Å². The summed E-state index contributed by atoms with van der Waals surface area (Å²) in [5.41, 5.74) is 0. The summed E-state index contributed by atoms with van der Waals surface area (Å²) < 4.78 is 10.1. The van der Waals surface area contributed by atoms with Gasteiger partial charge in [-0.25, -0.2) is 9.59 Å². The smallest absolute Gasteiger partial charge is 0.330 e. The number of esters is 2. The fourth-order valence-corrected chi connectivity index (χ4v) is 1.88. The van der Waals surface area contributed by atoms with E-state index in [1.54, 1.807) is 0 Å². The van der Waals surface area contributed by atoms with Crippen LogP contribution in [0.3, 0.4) is 0 Å². The maximum atomic E-state index is 11.3. The highest BCUT2D eigenvalue weighted by Gasteiger charge is 1.99. The molecule has 0 atom stereocenters. The zero-order chi connectivity index (χ0) is 14.5. The molecule has 20 heavy (non-hydrogen) atoms. The molecule has 4 nitrogen and oxygen atoms in total. The molecule has 0 spiro atoms. The molecule has 112 valence electrons. The third kappa shape index (κ3) is 9.36. The van der Waals surface area contributed by atoms with Gasteiger partial charge in [-0.05, 0) is 38.5 Å². The standard InChI is InChI=1S/C16H24O4/c17-15-11-7-5-3-1-2-4-6-8-12-16(18)20-14-10-9-13-19-15/h7-8,11-12H,1-6,9-10,13-14H2/b11-7+,12-8+. The van der Waals surface area contributed by atoms with Crippen LogP contribution in [0, 0.1) is 0 Å². The Balaban J connectivity index is 2.32. The van der Waals surface area contributed by atoms with Gasteiger partial charge in [-0.15, -0.1) is 0 Å². The Hall–Kier alpha value is -1.58. The monoisotopic (exact) mass is 280 g/mol. The Kier molecular flexibility index (Phi) is 9.28. The number of rotatable bonds is 0. The van der Waals surface area contributed by atoms with E-state index in [9.17, 15) is 9.59 Å². The Bertz CT molecular complexity index is 310. The molecule has 0 unspecified atom stereocenters. The molecule has 1 heterocycles. The normalized spacial score (nSPS) is 23.8. The lowest BCUT2D eigenvalue weighted by atomic mass is 10.1. The summed E-state index contributed by atoms with van der Waals surface area (Å²) in [5, 5.41) is 0. The van der Waals surface area contributed by atoms with E-state index in [1.807, 2.05) is 12.2 Å². The van der Waals surface area contributed by atoms with Crippen LogP contribution in [0.15, 0.2) is 24.3 Å². The lowest BCUT2D eigenvalue weighted by Gasteiger charge is -2.03. The second kappa shape index (κ2) is 11.3. The Morgan fingerprint density at radius 3 is 1.55 bits per heavy atom. The molecule has 1 rings (SSSR count). The molecule has 0 aromatic heterocycles. The first-order valence-corrected chi connectivity index (χ1v) is 7.45. The second-order valence-electron chi connectivity index (χ2n) is 4.84. The van der Waals surface area contributed by atoms with Gasteiger partial charge in [-0.3, -0.25) is 0 Å². The Morgan fingerprint density at radius 2 is 1.10 bits per heavy atom. The molecule has 0 N–H and O–H groups in total. The number of hydrogen-bond donors (Lipinski definition) is 0. The van der Waals surface area contributed by atoms with Crippen molar-refractivity contribution in [3.63, 3.8) is 0 Å². The first-order valence-electron chi connectivity index (χ1n) is 7.45. The van der Waals surface area contributed by atoms with Crippen molar-refractivity contribution in [2.45, 2.75) is 51.4 Å².